The van der Waals surface area contributed by atoms with Gasteiger partial charge in [-0.3, -0.25) is 0 Å². The van der Waals surface area contributed by atoms with Crippen LogP contribution in [0.15, 0.2) is 0 Å². The quantitative estimate of drug-likeness (QED) is 0.696. The first-order chi connectivity index (χ1) is 7.50. The minimum absolute atomic E-state index is 0.0728. The largest absolute Gasteiger partial charge is 0.379 e. The maximum absolute atomic E-state index is 12.3. The predicted octanol–water partition coefficient (Wildman–Crippen LogP) is -0.767. The van der Waals surface area contributed by atoms with Crippen LogP contribution in [0.3, 0.4) is 0 Å². The third kappa shape index (κ3) is 3.14. The van der Waals surface area contributed by atoms with Gasteiger partial charge in [0.05, 0.1) is 13.2 Å². The Kier molecular flexibility index (Phi) is 5.13. The van der Waals surface area contributed by atoms with E-state index in [1.165, 1.54) is 8.61 Å². The third-order valence-electron chi connectivity index (χ3n) is 2.52. The Labute approximate surface area is 97.5 Å². The van der Waals surface area contributed by atoms with Crippen molar-refractivity contribution in [2.24, 2.45) is 5.73 Å². The molecule has 16 heavy (non-hydrogen) atoms. The molecule has 6 nitrogen and oxygen atoms in total. The molecule has 7 heteroatoms. The molecule has 0 unspecified atom stereocenters. The lowest BCUT2D eigenvalue weighted by molar-refractivity contribution is 0.0696. The molecule has 1 aliphatic heterocycles. The average molecular weight is 251 g/mol. The second-order valence-electron chi connectivity index (χ2n) is 4.01. The maximum Gasteiger partial charge on any atom is 0.282 e. The van der Waals surface area contributed by atoms with Crippen molar-refractivity contribution in [1.29, 1.82) is 0 Å². The molecule has 1 rings (SSSR count). The smallest absolute Gasteiger partial charge is 0.282 e. The third-order valence-corrected chi connectivity index (χ3v) is 4.73. The summed E-state index contributed by atoms with van der Waals surface area (Å²) in [5, 5.41) is 0. The fourth-order valence-corrected chi connectivity index (χ4v) is 3.47. The van der Waals surface area contributed by atoms with Gasteiger partial charge in [0.25, 0.3) is 10.2 Å². The van der Waals surface area contributed by atoms with Crippen LogP contribution < -0.4 is 5.73 Å². The Morgan fingerprint density at radius 2 is 1.94 bits per heavy atom. The lowest BCUT2D eigenvalue weighted by Crippen LogP contribution is -2.51. The van der Waals surface area contributed by atoms with Gasteiger partial charge in [-0.1, -0.05) is 0 Å². The zero-order valence-corrected chi connectivity index (χ0v) is 10.7. The Morgan fingerprint density at radius 3 is 2.38 bits per heavy atom. The molecule has 0 saturated carbocycles. The van der Waals surface area contributed by atoms with Gasteiger partial charge in [-0.2, -0.15) is 17.0 Å². The van der Waals surface area contributed by atoms with E-state index in [4.69, 9.17) is 10.5 Å². The second kappa shape index (κ2) is 5.92. The molecule has 0 aromatic carbocycles. The fraction of sp³-hybridized carbons (Fsp3) is 1.00. The average Bonchev–Trinajstić information content (AvgIpc) is 2.26. The molecule has 1 heterocycles. The first-order valence-electron chi connectivity index (χ1n) is 5.55. The van der Waals surface area contributed by atoms with Crippen molar-refractivity contribution >= 4 is 10.2 Å². The van der Waals surface area contributed by atoms with E-state index in [0.29, 0.717) is 39.4 Å². The van der Waals surface area contributed by atoms with Crippen LogP contribution in [0.25, 0.3) is 0 Å². The van der Waals surface area contributed by atoms with Crippen LogP contribution in [-0.2, 0) is 14.9 Å². The molecule has 2 N–H and O–H groups in total. The monoisotopic (exact) mass is 251 g/mol. The number of hydrogen-bond acceptors (Lipinski definition) is 4. The van der Waals surface area contributed by atoms with Crippen molar-refractivity contribution in [3.8, 4) is 0 Å². The number of morpholine rings is 1. The number of rotatable bonds is 5. The van der Waals surface area contributed by atoms with Gasteiger partial charge < -0.3 is 10.5 Å². The lowest BCUT2D eigenvalue weighted by atomic mass is 10.4. The van der Waals surface area contributed by atoms with Gasteiger partial charge in [-0.25, -0.2) is 0 Å². The molecule has 0 radical (unpaired) electrons. The number of hydrogen-bond donors (Lipinski definition) is 1. The van der Waals surface area contributed by atoms with Gasteiger partial charge in [-0.15, -0.1) is 0 Å². The summed E-state index contributed by atoms with van der Waals surface area (Å²) in [7, 11) is -3.38. The van der Waals surface area contributed by atoms with E-state index in [-0.39, 0.29) is 6.04 Å². The van der Waals surface area contributed by atoms with Crippen molar-refractivity contribution in [2.45, 2.75) is 19.9 Å². The molecular formula is C9H21N3O3S. The molecule has 0 atom stereocenters. The van der Waals surface area contributed by atoms with E-state index in [0.717, 1.165) is 0 Å². The summed E-state index contributed by atoms with van der Waals surface area (Å²) in [5.41, 5.74) is 5.44. The van der Waals surface area contributed by atoms with Gasteiger partial charge >= 0.3 is 0 Å². The summed E-state index contributed by atoms with van der Waals surface area (Å²) in [4.78, 5) is 0. The Hall–Kier alpha value is -0.210. The van der Waals surface area contributed by atoms with Crippen molar-refractivity contribution in [2.75, 3.05) is 39.4 Å². The molecule has 0 spiro atoms. The van der Waals surface area contributed by atoms with E-state index >= 15 is 0 Å². The van der Waals surface area contributed by atoms with E-state index in [9.17, 15) is 8.42 Å². The van der Waals surface area contributed by atoms with E-state index < -0.39 is 10.2 Å². The minimum atomic E-state index is -3.38. The molecule has 1 saturated heterocycles. The standard InChI is InChI=1S/C9H21N3O3S/c1-9(2)12(4-3-10)16(13,14)11-5-7-15-8-6-11/h9H,3-8,10H2,1-2H3. The molecule has 1 aliphatic rings. The number of ether oxygens (including phenoxy) is 1. The number of nitrogens with two attached hydrogens (primary N) is 1. The molecule has 96 valence electrons. The highest BCUT2D eigenvalue weighted by atomic mass is 32.2. The molecule has 0 aromatic heterocycles. The van der Waals surface area contributed by atoms with E-state index in [1.54, 1.807) is 0 Å². The summed E-state index contributed by atoms with van der Waals surface area (Å²) in [6.45, 7) is 6.19. The summed E-state index contributed by atoms with van der Waals surface area (Å²) in [6.07, 6.45) is 0. The molecule has 0 aliphatic carbocycles. The molecule has 0 bridgehead atoms. The van der Waals surface area contributed by atoms with Crippen LogP contribution in [0, 0.1) is 0 Å². The zero-order chi connectivity index (χ0) is 12.2. The van der Waals surface area contributed by atoms with Gasteiger partial charge in [0.2, 0.25) is 0 Å². The van der Waals surface area contributed by atoms with Gasteiger partial charge in [0, 0.05) is 32.2 Å². The summed E-state index contributed by atoms with van der Waals surface area (Å²) >= 11 is 0. The Balaban J connectivity index is 2.79. The Bertz CT molecular complexity index is 299. The van der Waals surface area contributed by atoms with Crippen molar-refractivity contribution in [3.63, 3.8) is 0 Å². The van der Waals surface area contributed by atoms with Crippen LogP contribution in [-0.4, -0.2) is 62.5 Å². The number of nitrogens with zero attached hydrogens (tertiary/aromatic N) is 2. The van der Waals surface area contributed by atoms with Crippen molar-refractivity contribution < 1.29 is 13.2 Å². The SMILES string of the molecule is CC(C)N(CCN)S(=O)(=O)N1CCOCC1. The molecule has 0 amide bonds. The van der Waals surface area contributed by atoms with E-state index in [2.05, 4.69) is 0 Å². The lowest BCUT2D eigenvalue weighted by Gasteiger charge is -2.33. The van der Waals surface area contributed by atoms with Gasteiger partial charge in [0.1, 0.15) is 0 Å². The first kappa shape index (κ1) is 13.9. The first-order valence-corrected chi connectivity index (χ1v) is 6.94. The topological polar surface area (TPSA) is 75.9 Å². The van der Waals surface area contributed by atoms with Crippen molar-refractivity contribution in [1.82, 2.24) is 8.61 Å². The van der Waals surface area contributed by atoms with Gasteiger partial charge in [-0.05, 0) is 13.8 Å². The fourth-order valence-electron chi connectivity index (χ4n) is 1.69. The minimum Gasteiger partial charge on any atom is -0.379 e. The van der Waals surface area contributed by atoms with Crippen LogP contribution in [0.4, 0.5) is 0 Å². The van der Waals surface area contributed by atoms with E-state index in [1.807, 2.05) is 13.8 Å². The highest BCUT2D eigenvalue weighted by Crippen LogP contribution is 2.13. The highest BCUT2D eigenvalue weighted by Gasteiger charge is 2.31. The summed E-state index contributed by atoms with van der Waals surface area (Å²) in [5.74, 6) is 0. The second-order valence-corrected chi connectivity index (χ2v) is 5.89. The molecule has 1 fully saturated rings. The molecule has 0 aromatic rings. The highest BCUT2D eigenvalue weighted by molar-refractivity contribution is 7.86. The maximum atomic E-state index is 12.3. The van der Waals surface area contributed by atoms with Crippen LogP contribution in [0.2, 0.25) is 0 Å². The Morgan fingerprint density at radius 1 is 1.38 bits per heavy atom. The summed E-state index contributed by atoms with van der Waals surface area (Å²) < 4.78 is 32.6. The van der Waals surface area contributed by atoms with Crippen LogP contribution in [0.5, 0.6) is 0 Å². The van der Waals surface area contributed by atoms with Crippen LogP contribution >= 0.6 is 0 Å². The van der Waals surface area contributed by atoms with Crippen molar-refractivity contribution in [3.05, 3.63) is 0 Å². The van der Waals surface area contributed by atoms with Gasteiger partial charge in [0.15, 0.2) is 0 Å². The normalized spacial score (nSPS) is 19.6. The van der Waals surface area contributed by atoms with Crippen LogP contribution in [0.1, 0.15) is 13.8 Å². The predicted molar refractivity (Wildman–Crippen MR) is 62.2 cm³/mol. The summed E-state index contributed by atoms with van der Waals surface area (Å²) in [6, 6.07) is -0.0728. The molecular weight excluding hydrogens is 230 g/mol. The zero-order valence-electron chi connectivity index (χ0n) is 9.92.